The summed E-state index contributed by atoms with van der Waals surface area (Å²) in [4.78, 5) is 29.4. The second-order valence-electron chi connectivity index (χ2n) is 3.60. The summed E-state index contributed by atoms with van der Waals surface area (Å²) >= 11 is 0. The highest BCUT2D eigenvalue weighted by Crippen LogP contribution is 2.10. The highest BCUT2D eigenvalue weighted by molar-refractivity contribution is 5.77. The number of H-pyrrole nitrogens is 1. The molecule has 78 valence electrons. The Balaban J connectivity index is 3.17. The number of aryl methyl sites for hydroxylation is 3. The van der Waals surface area contributed by atoms with E-state index in [9.17, 15) is 9.59 Å². The summed E-state index contributed by atoms with van der Waals surface area (Å²) in [6.07, 6.45) is 0. The summed E-state index contributed by atoms with van der Waals surface area (Å²) in [5, 5.41) is 0.475. The number of aromatic nitrogens is 3. The maximum atomic E-state index is 11.6. The van der Waals surface area contributed by atoms with Crippen LogP contribution in [0.25, 0.3) is 11.0 Å². The molecule has 0 saturated heterocycles. The van der Waals surface area contributed by atoms with Crippen molar-refractivity contribution in [2.45, 2.75) is 13.8 Å². The van der Waals surface area contributed by atoms with E-state index in [2.05, 4.69) is 9.97 Å². The molecule has 0 spiro atoms. The highest BCUT2D eigenvalue weighted by atomic mass is 16.2. The van der Waals surface area contributed by atoms with E-state index in [1.807, 2.05) is 19.9 Å². The Morgan fingerprint density at radius 3 is 2.67 bits per heavy atom. The third-order valence-electron chi connectivity index (χ3n) is 2.40. The molecule has 5 nitrogen and oxygen atoms in total. The van der Waals surface area contributed by atoms with Crippen molar-refractivity contribution in [2.75, 3.05) is 0 Å². The average molecular weight is 205 g/mol. The fourth-order valence-electron chi connectivity index (χ4n) is 1.68. The first-order chi connectivity index (χ1) is 7.00. The van der Waals surface area contributed by atoms with E-state index in [1.165, 1.54) is 4.57 Å². The van der Waals surface area contributed by atoms with Crippen LogP contribution in [-0.4, -0.2) is 14.5 Å². The Bertz CT molecular complexity index is 652. The molecule has 0 aromatic carbocycles. The molecule has 5 heteroatoms. The lowest BCUT2D eigenvalue weighted by Crippen LogP contribution is -2.29. The van der Waals surface area contributed by atoms with E-state index in [-0.39, 0.29) is 5.56 Å². The van der Waals surface area contributed by atoms with Crippen LogP contribution in [0, 0.1) is 13.8 Å². The molecular weight excluding hydrogens is 194 g/mol. The van der Waals surface area contributed by atoms with E-state index in [4.69, 9.17) is 0 Å². The number of fused-ring (bicyclic) bond motifs is 1. The topological polar surface area (TPSA) is 67.8 Å². The zero-order valence-corrected chi connectivity index (χ0v) is 8.79. The Morgan fingerprint density at radius 2 is 2.00 bits per heavy atom. The van der Waals surface area contributed by atoms with Crippen molar-refractivity contribution in [1.82, 2.24) is 14.5 Å². The van der Waals surface area contributed by atoms with Gasteiger partial charge in [0.05, 0.1) is 5.39 Å². The van der Waals surface area contributed by atoms with Crippen molar-refractivity contribution in [1.29, 1.82) is 0 Å². The third kappa shape index (κ3) is 1.36. The summed E-state index contributed by atoms with van der Waals surface area (Å²) in [5.74, 6) is 0. The monoisotopic (exact) mass is 205 g/mol. The van der Waals surface area contributed by atoms with Gasteiger partial charge in [-0.2, -0.15) is 0 Å². The van der Waals surface area contributed by atoms with Gasteiger partial charge in [0.2, 0.25) is 0 Å². The number of hydrogen-bond acceptors (Lipinski definition) is 3. The van der Waals surface area contributed by atoms with Crippen LogP contribution in [0.15, 0.2) is 15.7 Å². The van der Waals surface area contributed by atoms with Gasteiger partial charge in [-0.3, -0.25) is 14.3 Å². The van der Waals surface area contributed by atoms with Crippen molar-refractivity contribution in [3.63, 3.8) is 0 Å². The number of hydrogen-bond donors (Lipinski definition) is 1. The average Bonchev–Trinajstić information content (AvgIpc) is 2.12. The summed E-state index contributed by atoms with van der Waals surface area (Å²) < 4.78 is 1.34. The Labute approximate surface area is 85.4 Å². The van der Waals surface area contributed by atoms with Crippen molar-refractivity contribution in [3.8, 4) is 0 Å². The van der Waals surface area contributed by atoms with Crippen molar-refractivity contribution < 1.29 is 0 Å². The van der Waals surface area contributed by atoms with Crippen LogP contribution in [0.4, 0.5) is 0 Å². The molecule has 0 atom stereocenters. The Morgan fingerprint density at radius 1 is 1.33 bits per heavy atom. The molecule has 2 rings (SSSR count). The van der Waals surface area contributed by atoms with E-state index in [0.29, 0.717) is 11.0 Å². The molecule has 0 fully saturated rings. The van der Waals surface area contributed by atoms with Crippen molar-refractivity contribution in [2.24, 2.45) is 7.05 Å². The molecule has 0 amide bonds. The van der Waals surface area contributed by atoms with Gasteiger partial charge in [-0.05, 0) is 25.5 Å². The first-order valence-corrected chi connectivity index (χ1v) is 4.58. The number of nitrogens with one attached hydrogen (secondary N) is 1. The summed E-state index contributed by atoms with van der Waals surface area (Å²) in [6, 6.07) is 1.82. The molecule has 0 unspecified atom stereocenters. The fraction of sp³-hybridized carbons (Fsp3) is 0.300. The molecule has 0 saturated carbocycles. The largest absolute Gasteiger partial charge is 0.329 e. The molecule has 0 radical (unpaired) electrons. The van der Waals surface area contributed by atoms with Crippen molar-refractivity contribution in [3.05, 3.63) is 38.2 Å². The van der Waals surface area contributed by atoms with Gasteiger partial charge in [0, 0.05) is 12.7 Å². The second-order valence-corrected chi connectivity index (χ2v) is 3.60. The van der Waals surface area contributed by atoms with Gasteiger partial charge in [0.1, 0.15) is 5.65 Å². The van der Waals surface area contributed by atoms with Crippen LogP contribution >= 0.6 is 0 Å². The van der Waals surface area contributed by atoms with Crippen LogP contribution in [0.2, 0.25) is 0 Å². The SMILES string of the molecule is Cc1cc(C)c2c(=O)[nH]c(=O)n(C)c2n1. The molecular formula is C10H11N3O2. The molecule has 0 aliphatic carbocycles. The van der Waals surface area contributed by atoms with Crippen LogP contribution in [0.5, 0.6) is 0 Å². The van der Waals surface area contributed by atoms with Crippen LogP contribution in [0.1, 0.15) is 11.3 Å². The predicted molar refractivity (Wildman–Crippen MR) is 57.1 cm³/mol. The van der Waals surface area contributed by atoms with E-state index in [0.717, 1.165) is 11.3 Å². The number of nitrogens with zero attached hydrogens (tertiary/aromatic N) is 2. The molecule has 0 bridgehead atoms. The fourth-order valence-corrected chi connectivity index (χ4v) is 1.68. The standard InChI is InChI=1S/C10H11N3O2/c1-5-4-6(2)11-8-7(5)9(14)12-10(15)13(8)3/h4H,1-3H3,(H,12,14,15). The zero-order valence-electron chi connectivity index (χ0n) is 8.79. The van der Waals surface area contributed by atoms with Gasteiger partial charge in [0.25, 0.3) is 5.56 Å². The molecule has 2 aromatic heterocycles. The lowest BCUT2D eigenvalue weighted by molar-refractivity contribution is 0.825. The molecule has 1 N–H and O–H groups in total. The zero-order chi connectivity index (χ0) is 11.2. The van der Waals surface area contributed by atoms with Gasteiger partial charge < -0.3 is 0 Å². The number of rotatable bonds is 0. The minimum absolute atomic E-state index is 0.377. The number of aromatic amines is 1. The maximum absolute atomic E-state index is 11.6. The lowest BCUT2D eigenvalue weighted by Gasteiger charge is -2.05. The van der Waals surface area contributed by atoms with Crippen LogP contribution in [-0.2, 0) is 7.05 Å². The first kappa shape index (κ1) is 9.64. The molecule has 0 aliphatic rings. The van der Waals surface area contributed by atoms with Crippen molar-refractivity contribution >= 4 is 11.0 Å². The van der Waals surface area contributed by atoms with Gasteiger partial charge >= 0.3 is 5.69 Å². The molecule has 0 aliphatic heterocycles. The summed E-state index contributed by atoms with van der Waals surface area (Å²) in [7, 11) is 1.59. The third-order valence-corrected chi connectivity index (χ3v) is 2.40. The van der Waals surface area contributed by atoms with Gasteiger partial charge in [-0.25, -0.2) is 9.78 Å². The van der Waals surface area contributed by atoms with Gasteiger partial charge in [-0.15, -0.1) is 0 Å². The van der Waals surface area contributed by atoms with E-state index >= 15 is 0 Å². The summed E-state index contributed by atoms with van der Waals surface area (Å²) in [5.41, 5.74) is 1.24. The molecule has 2 aromatic rings. The predicted octanol–water partition coefficient (Wildman–Crippen LogP) is 0.239. The lowest BCUT2D eigenvalue weighted by atomic mass is 10.2. The molecule has 2 heterocycles. The quantitative estimate of drug-likeness (QED) is 0.669. The summed E-state index contributed by atoms with van der Waals surface area (Å²) in [6.45, 7) is 3.66. The van der Waals surface area contributed by atoms with Gasteiger partial charge in [0.15, 0.2) is 0 Å². The first-order valence-electron chi connectivity index (χ1n) is 4.58. The normalized spacial score (nSPS) is 10.9. The minimum atomic E-state index is -0.440. The highest BCUT2D eigenvalue weighted by Gasteiger charge is 2.08. The van der Waals surface area contributed by atoms with Crippen LogP contribution in [0.3, 0.4) is 0 Å². The maximum Gasteiger partial charge on any atom is 0.329 e. The van der Waals surface area contributed by atoms with Crippen LogP contribution < -0.4 is 11.2 Å². The van der Waals surface area contributed by atoms with Gasteiger partial charge in [-0.1, -0.05) is 0 Å². The van der Waals surface area contributed by atoms with E-state index < -0.39 is 5.69 Å². The Hall–Kier alpha value is -1.91. The number of pyridine rings is 1. The smallest absolute Gasteiger partial charge is 0.281 e. The van der Waals surface area contributed by atoms with E-state index in [1.54, 1.807) is 7.05 Å². The Kier molecular flexibility index (Phi) is 1.96. The second kappa shape index (κ2) is 3.05. The minimum Gasteiger partial charge on any atom is -0.281 e. The molecule has 15 heavy (non-hydrogen) atoms.